The summed E-state index contributed by atoms with van der Waals surface area (Å²) in [7, 11) is 2.17. The van der Waals surface area contributed by atoms with Crippen LogP contribution in [-0.4, -0.2) is 66.3 Å². The molecule has 6 heteroatoms. The van der Waals surface area contributed by atoms with Crippen LogP contribution in [0.5, 0.6) is 6.01 Å². The van der Waals surface area contributed by atoms with Gasteiger partial charge < -0.3 is 19.9 Å². The van der Waals surface area contributed by atoms with Crippen molar-refractivity contribution < 1.29 is 4.74 Å². The van der Waals surface area contributed by atoms with Crippen molar-refractivity contribution in [2.45, 2.75) is 50.7 Å². The van der Waals surface area contributed by atoms with Gasteiger partial charge >= 0.3 is 6.01 Å². The number of hydrogen-bond donors (Lipinski definition) is 1. The number of hydrogen-bond acceptors (Lipinski definition) is 6. The third-order valence-corrected chi connectivity index (χ3v) is 6.40. The number of likely N-dealkylation sites (tertiary alicyclic amines) is 1. The summed E-state index contributed by atoms with van der Waals surface area (Å²) in [6.45, 7) is 5.96. The van der Waals surface area contributed by atoms with Gasteiger partial charge in [-0.15, -0.1) is 0 Å². The van der Waals surface area contributed by atoms with Crippen molar-refractivity contribution in [3.8, 4) is 6.01 Å². The molecule has 0 radical (unpaired) electrons. The molecule has 3 fully saturated rings. The molecule has 27 heavy (non-hydrogen) atoms. The van der Waals surface area contributed by atoms with E-state index in [1.54, 1.807) is 0 Å². The Morgan fingerprint density at radius 1 is 1.15 bits per heavy atom. The average Bonchev–Trinajstić information content (AvgIpc) is 3.23. The third kappa shape index (κ3) is 3.36. The number of nitrogens with one attached hydrogen (secondary N) is 1. The summed E-state index contributed by atoms with van der Waals surface area (Å²) in [6, 6.07) is 8.62. The molecule has 0 amide bonds. The van der Waals surface area contributed by atoms with E-state index in [1.165, 1.54) is 31.2 Å². The number of anilines is 1. The van der Waals surface area contributed by atoms with Gasteiger partial charge in [-0.2, -0.15) is 9.97 Å². The predicted octanol–water partition coefficient (Wildman–Crippen LogP) is 2.35. The lowest BCUT2D eigenvalue weighted by atomic mass is 10.1. The second kappa shape index (κ2) is 6.91. The van der Waals surface area contributed by atoms with Gasteiger partial charge in [-0.25, -0.2) is 0 Å². The maximum atomic E-state index is 6.10. The molecule has 6 nitrogen and oxygen atoms in total. The van der Waals surface area contributed by atoms with Gasteiger partial charge in [0.2, 0.25) is 0 Å². The third-order valence-electron chi connectivity index (χ3n) is 6.40. The molecule has 4 heterocycles. The summed E-state index contributed by atoms with van der Waals surface area (Å²) in [6.07, 6.45) is 4.97. The molecular formula is C21H29N5O. The minimum atomic E-state index is 0.472. The smallest absolute Gasteiger partial charge is 0.319 e. The second-order valence-electron chi connectivity index (χ2n) is 8.48. The standard InChI is InChI=1S/C21H29N5O/c1-14-5-8-18-19(10-14)23-21(27-13-17-4-3-9-25(17)2)24-20(18)26-11-15-6-7-16(12-26)22-15/h5,8,10,15-17,22H,3-4,6-7,9,11-13H2,1-2H3/t15?,16?,17-/m0/s1. The molecule has 2 bridgehead atoms. The molecule has 0 aliphatic carbocycles. The van der Waals surface area contributed by atoms with Crippen molar-refractivity contribution in [2.75, 3.05) is 38.2 Å². The van der Waals surface area contributed by atoms with E-state index in [0.29, 0.717) is 30.7 Å². The molecule has 3 atom stereocenters. The maximum Gasteiger partial charge on any atom is 0.319 e. The average molecular weight is 367 g/mol. The fourth-order valence-corrected chi connectivity index (χ4v) is 4.84. The Bertz CT molecular complexity index is 829. The van der Waals surface area contributed by atoms with Crippen LogP contribution < -0.4 is 15.0 Å². The fourth-order valence-electron chi connectivity index (χ4n) is 4.84. The Labute approximate surface area is 160 Å². The number of rotatable bonds is 4. The van der Waals surface area contributed by atoms with Crippen LogP contribution in [-0.2, 0) is 0 Å². The zero-order chi connectivity index (χ0) is 18.4. The quantitative estimate of drug-likeness (QED) is 0.895. The highest BCUT2D eigenvalue weighted by Crippen LogP contribution is 2.31. The number of piperazine rings is 1. The molecule has 1 aromatic heterocycles. The van der Waals surface area contributed by atoms with E-state index in [2.05, 4.69) is 47.3 Å². The first kappa shape index (κ1) is 17.2. The molecule has 2 aromatic rings. The Balaban J connectivity index is 1.46. The van der Waals surface area contributed by atoms with Crippen molar-refractivity contribution in [1.29, 1.82) is 0 Å². The molecule has 1 aromatic carbocycles. The molecule has 2 unspecified atom stereocenters. The van der Waals surface area contributed by atoms with Crippen LogP contribution in [0.3, 0.4) is 0 Å². The van der Waals surface area contributed by atoms with Crippen LogP contribution in [0.4, 0.5) is 5.82 Å². The predicted molar refractivity (Wildman–Crippen MR) is 108 cm³/mol. The van der Waals surface area contributed by atoms with E-state index >= 15 is 0 Å². The Hall–Kier alpha value is -1.92. The first-order valence-electron chi connectivity index (χ1n) is 10.3. The highest BCUT2D eigenvalue weighted by molar-refractivity contribution is 5.90. The van der Waals surface area contributed by atoms with Gasteiger partial charge in [0.25, 0.3) is 0 Å². The van der Waals surface area contributed by atoms with Crippen molar-refractivity contribution in [3.05, 3.63) is 23.8 Å². The van der Waals surface area contributed by atoms with Crippen LogP contribution in [0, 0.1) is 6.92 Å². The normalized spacial score (nSPS) is 28.2. The number of nitrogens with zero attached hydrogens (tertiary/aromatic N) is 4. The fraction of sp³-hybridized carbons (Fsp3) is 0.619. The van der Waals surface area contributed by atoms with Crippen molar-refractivity contribution in [2.24, 2.45) is 0 Å². The maximum absolute atomic E-state index is 6.10. The van der Waals surface area contributed by atoms with E-state index in [1.807, 2.05) is 0 Å². The first-order valence-corrected chi connectivity index (χ1v) is 10.3. The highest BCUT2D eigenvalue weighted by Gasteiger charge is 2.33. The zero-order valence-electron chi connectivity index (χ0n) is 16.3. The Morgan fingerprint density at radius 3 is 2.70 bits per heavy atom. The molecule has 3 saturated heterocycles. The minimum Gasteiger partial charge on any atom is -0.462 e. The molecule has 3 aliphatic heterocycles. The van der Waals surface area contributed by atoms with E-state index < -0.39 is 0 Å². The Kier molecular flexibility index (Phi) is 4.40. The highest BCUT2D eigenvalue weighted by atomic mass is 16.5. The summed E-state index contributed by atoms with van der Waals surface area (Å²) < 4.78 is 6.10. The van der Waals surface area contributed by atoms with Gasteiger partial charge in [0.15, 0.2) is 0 Å². The molecule has 0 spiro atoms. The number of aromatic nitrogens is 2. The monoisotopic (exact) mass is 367 g/mol. The van der Waals surface area contributed by atoms with Gasteiger partial charge in [-0.1, -0.05) is 6.07 Å². The van der Waals surface area contributed by atoms with Gasteiger partial charge in [-0.05, 0) is 63.9 Å². The second-order valence-corrected chi connectivity index (χ2v) is 8.48. The van der Waals surface area contributed by atoms with E-state index in [0.717, 1.165) is 36.4 Å². The SMILES string of the molecule is Cc1ccc2c(N3CC4CCC(C3)N4)nc(OC[C@@H]3CCCN3C)nc2c1. The Morgan fingerprint density at radius 2 is 1.96 bits per heavy atom. The lowest BCUT2D eigenvalue weighted by molar-refractivity contribution is 0.188. The van der Waals surface area contributed by atoms with Gasteiger partial charge in [0.1, 0.15) is 12.4 Å². The summed E-state index contributed by atoms with van der Waals surface area (Å²) in [4.78, 5) is 14.4. The van der Waals surface area contributed by atoms with E-state index in [-0.39, 0.29) is 0 Å². The van der Waals surface area contributed by atoms with Crippen LogP contribution in [0.15, 0.2) is 18.2 Å². The largest absolute Gasteiger partial charge is 0.462 e. The topological polar surface area (TPSA) is 53.5 Å². The molecule has 144 valence electrons. The van der Waals surface area contributed by atoms with Gasteiger partial charge in [-0.3, -0.25) is 0 Å². The summed E-state index contributed by atoms with van der Waals surface area (Å²) in [5, 5.41) is 4.84. The number of fused-ring (bicyclic) bond motifs is 3. The summed E-state index contributed by atoms with van der Waals surface area (Å²) >= 11 is 0. The zero-order valence-corrected chi connectivity index (χ0v) is 16.3. The van der Waals surface area contributed by atoms with Gasteiger partial charge in [0, 0.05) is 36.6 Å². The van der Waals surface area contributed by atoms with E-state index in [9.17, 15) is 0 Å². The number of benzene rings is 1. The van der Waals surface area contributed by atoms with Crippen LogP contribution >= 0.6 is 0 Å². The number of likely N-dealkylation sites (N-methyl/N-ethyl adjacent to an activating group) is 1. The van der Waals surface area contributed by atoms with Crippen molar-refractivity contribution >= 4 is 16.7 Å². The molecule has 3 aliphatic rings. The summed E-state index contributed by atoms with van der Waals surface area (Å²) in [5.74, 6) is 1.04. The molecule has 1 N–H and O–H groups in total. The molecular weight excluding hydrogens is 338 g/mol. The van der Waals surface area contributed by atoms with Crippen molar-refractivity contribution in [1.82, 2.24) is 20.2 Å². The number of aryl methyl sites for hydroxylation is 1. The molecule has 5 rings (SSSR count). The van der Waals surface area contributed by atoms with Crippen LogP contribution in [0.25, 0.3) is 10.9 Å². The summed E-state index contributed by atoms with van der Waals surface area (Å²) in [5.41, 5.74) is 2.20. The number of ether oxygens (including phenoxy) is 1. The lowest BCUT2D eigenvalue weighted by Crippen LogP contribution is -2.51. The lowest BCUT2D eigenvalue weighted by Gasteiger charge is -2.34. The molecule has 0 saturated carbocycles. The van der Waals surface area contributed by atoms with Crippen molar-refractivity contribution in [3.63, 3.8) is 0 Å². The van der Waals surface area contributed by atoms with Gasteiger partial charge in [0.05, 0.1) is 5.52 Å². The van der Waals surface area contributed by atoms with Crippen LogP contribution in [0.1, 0.15) is 31.2 Å². The first-order chi connectivity index (χ1) is 13.2. The van der Waals surface area contributed by atoms with E-state index in [4.69, 9.17) is 14.7 Å². The minimum absolute atomic E-state index is 0.472. The van der Waals surface area contributed by atoms with Crippen LogP contribution in [0.2, 0.25) is 0 Å².